The van der Waals surface area contributed by atoms with Gasteiger partial charge < -0.3 is 14.8 Å². The maximum Gasteiger partial charge on any atom is 0.278 e. The highest BCUT2D eigenvalue weighted by Crippen LogP contribution is 2.28. The van der Waals surface area contributed by atoms with Crippen molar-refractivity contribution in [3.8, 4) is 5.75 Å². The van der Waals surface area contributed by atoms with Gasteiger partial charge in [-0.25, -0.2) is 4.68 Å². The number of fused-ring (bicyclic) bond motifs is 1. The van der Waals surface area contributed by atoms with Gasteiger partial charge in [-0.05, 0) is 54.8 Å². The number of carbonyl (C=O) groups excluding carboxylic acids is 1. The Bertz CT molecular complexity index is 1010. The second-order valence-electron chi connectivity index (χ2n) is 6.89. The minimum absolute atomic E-state index is 0.143. The molecular weight excluding hydrogens is 356 g/mol. The van der Waals surface area contributed by atoms with E-state index in [-0.39, 0.29) is 18.6 Å². The standard InChI is InChI=1S/C21H22N4O3/c1-13-4-7-16(10-14(13)2)22-21(26)20-18-12-28-19(11-25(18)24-23-20)15-5-8-17(27-3)9-6-15/h4-10,19H,11-12H2,1-3H3,(H,22,26). The number of benzene rings is 2. The summed E-state index contributed by atoms with van der Waals surface area (Å²) in [5.41, 5.74) is 5.05. The lowest BCUT2D eigenvalue weighted by Gasteiger charge is -2.24. The number of nitrogens with one attached hydrogen (secondary N) is 1. The van der Waals surface area contributed by atoms with Crippen LogP contribution in [0.5, 0.6) is 5.75 Å². The molecule has 1 unspecified atom stereocenters. The molecule has 2 heterocycles. The van der Waals surface area contributed by atoms with Gasteiger partial charge in [0.1, 0.15) is 11.9 Å². The second-order valence-corrected chi connectivity index (χ2v) is 6.89. The first kappa shape index (κ1) is 18.2. The van der Waals surface area contributed by atoms with E-state index in [2.05, 4.69) is 15.6 Å². The van der Waals surface area contributed by atoms with Crippen molar-refractivity contribution in [3.05, 3.63) is 70.5 Å². The molecule has 0 aliphatic carbocycles. The van der Waals surface area contributed by atoms with Gasteiger partial charge >= 0.3 is 0 Å². The van der Waals surface area contributed by atoms with Crippen molar-refractivity contribution in [2.24, 2.45) is 0 Å². The zero-order chi connectivity index (χ0) is 19.7. The number of amides is 1. The summed E-state index contributed by atoms with van der Waals surface area (Å²) in [6.45, 7) is 4.83. The van der Waals surface area contributed by atoms with Gasteiger partial charge in [0.05, 0.1) is 26.0 Å². The Morgan fingerprint density at radius 3 is 2.68 bits per heavy atom. The maximum absolute atomic E-state index is 12.7. The van der Waals surface area contributed by atoms with Crippen LogP contribution in [0.25, 0.3) is 0 Å². The van der Waals surface area contributed by atoms with Gasteiger partial charge in [-0.2, -0.15) is 0 Å². The highest BCUT2D eigenvalue weighted by atomic mass is 16.5. The van der Waals surface area contributed by atoms with E-state index >= 15 is 0 Å². The monoisotopic (exact) mass is 378 g/mol. The highest BCUT2D eigenvalue weighted by molar-refractivity contribution is 6.03. The van der Waals surface area contributed by atoms with Gasteiger partial charge in [0.25, 0.3) is 5.91 Å². The van der Waals surface area contributed by atoms with Crippen molar-refractivity contribution in [2.75, 3.05) is 12.4 Å². The molecule has 4 rings (SSSR count). The molecule has 1 aliphatic rings. The molecule has 0 radical (unpaired) electrons. The Morgan fingerprint density at radius 1 is 1.18 bits per heavy atom. The van der Waals surface area contributed by atoms with E-state index in [1.165, 1.54) is 5.56 Å². The van der Waals surface area contributed by atoms with E-state index < -0.39 is 0 Å². The van der Waals surface area contributed by atoms with Gasteiger partial charge in [0, 0.05) is 5.69 Å². The molecule has 144 valence electrons. The Labute approximate surface area is 163 Å². The topological polar surface area (TPSA) is 78.3 Å². The maximum atomic E-state index is 12.7. The van der Waals surface area contributed by atoms with E-state index in [0.29, 0.717) is 17.9 Å². The van der Waals surface area contributed by atoms with Crippen LogP contribution in [-0.2, 0) is 17.9 Å². The van der Waals surface area contributed by atoms with Crippen molar-refractivity contribution in [3.63, 3.8) is 0 Å². The number of rotatable bonds is 4. The molecule has 1 atom stereocenters. The number of aryl methyl sites for hydroxylation is 2. The third-order valence-corrected chi connectivity index (χ3v) is 5.07. The van der Waals surface area contributed by atoms with Crippen LogP contribution in [-0.4, -0.2) is 28.0 Å². The first-order chi connectivity index (χ1) is 13.5. The first-order valence-electron chi connectivity index (χ1n) is 9.11. The van der Waals surface area contributed by atoms with Crippen molar-refractivity contribution >= 4 is 11.6 Å². The van der Waals surface area contributed by atoms with Crippen LogP contribution < -0.4 is 10.1 Å². The summed E-state index contributed by atoms with van der Waals surface area (Å²) in [5.74, 6) is 0.516. The fourth-order valence-electron chi connectivity index (χ4n) is 3.22. The van der Waals surface area contributed by atoms with Crippen LogP contribution in [0.3, 0.4) is 0 Å². The summed E-state index contributed by atoms with van der Waals surface area (Å²) in [4.78, 5) is 12.7. The minimum atomic E-state index is -0.281. The molecular formula is C21H22N4O3. The summed E-state index contributed by atoms with van der Waals surface area (Å²) in [7, 11) is 1.64. The molecule has 3 aromatic rings. The van der Waals surface area contributed by atoms with E-state index in [1.54, 1.807) is 11.8 Å². The molecule has 0 fully saturated rings. The fourth-order valence-corrected chi connectivity index (χ4v) is 3.22. The van der Waals surface area contributed by atoms with Crippen LogP contribution >= 0.6 is 0 Å². The molecule has 2 aromatic carbocycles. The van der Waals surface area contributed by atoms with Crippen molar-refractivity contribution in [1.29, 1.82) is 0 Å². The first-order valence-corrected chi connectivity index (χ1v) is 9.11. The lowest BCUT2D eigenvalue weighted by atomic mass is 10.1. The van der Waals surface area contributed by atoms with Crippen molar-refractivity contribution < 1.29 is 14.3 Å². The predicted octanol–water partition coefficient (Wildman–Crippen LogP) is 3.43. The van der Waals surface area contributed by atoms with Crippen LogP contribution in [0, 0.1) is 13.8 Å². The summed E-state index contributed by atoms with van der Waals surface area (Å²) in [6.07, 6.45) is -0.143. The largest absolute Gasteiger partial charge is 0.497 e. The smallest absolute Gasteiger partial charge is 0.278 e. The van der Waals surface area contributed by atoms with Gasteiger partial charge in [0.2, 0.25) is 0 Å². The quantitative estimate of drug-likeness (QED) is 0.753. The van der Waals surface area contributed by atoms with Gasteiger partial charge in [-0.15, -0.1) is 5.10 Å². The lowest BCUT2D eigenvalue weighted by molar-refractivity contribution is -0.00173. The zero-order valence-electron chi connectivity index (χ0n) is 16.1. The van der Waals surface area contributed by atoms with E-state index in [9.17, 15) is 4.79 Å². The van der Waals surface area contributed by atoms with Crippen molar-refractivity contribution in [2.45, 2.75) is 33.1 Å². The SMILES string of the molecule is COc1ccc(C2Cn3nnc(C(=O)Nc4ccc(C)c(C)c4)c3CO2)cc1. The van der Waals surface area contributed by atoms with Gasteiger partial charge in [-0.1, -0.05) is 23.4 Å². The molecule has 0 bridgehead atoms. The molecule has 1 N–H and O–H groups in total. The molecule has 1 aliphatic heterocycles. The number of hydrogen-bond donors (Lipinski definition) is 1. The van der Waals surface area contributed by atoms with E-state index in [1.807, 2.05) is 56.3 Å². The molecule has 28 heavy (non-hydrogen) atoms. The third-order valence-electron chi connectivity index (χ3n) is 5.07. The van der Waals surface area contributed by atoms with E-state index in [0.717, 1.165) is 22.6 Å². The molecule has 7 heteroatoms. The minimum Gasteiger partial charge on any atom is -0.497 e. The molecule has 0 spiro atoms. The Hall–Kier alpha value is -3.19. The number of carbonyl (C=O) groups is 1. The number of ether oxygens (including phenoxy) is 2. The Kier molecular flexibility index (Phi) is 4.83. The summed E-state index contributed by atoms with van der Waals surface area (Å²) >= 11 is 0. The Balaban J connectivity index is 1.49. The van der Waals surface area contributed by atoms with E-state index in [4.69, 9.17) is 9.47 Å². The van der Waals surface area contributed by atoms with Crippen LogP contribution in [0.4, 0.5) is 5.69 Å². The summed E-state index contributed by atoms with van der Waals surface area (Å²) in [6, 6.07) is 13.5. The number of aromatic nitrogens is 3. The number of anilines is 1. The molecule has 1 amide bonds. The predicted molar refractivity (Wildman–Crippen MR) is 104 cm³/mol. The molecule has 1 aromatic heterocycles. The van der Waals surface area contributed by atoms with Crippen molar-refractivity contribution in [1.82, 2.24) is 15.0 Å². The van der Waals surface area contributed by atoms with Gasteiger partial charge in [0.15, 0.2) is 5.69 Å². The average molecular weight is 378 g/mol. The number of hydrogen-bond acceptors (Lipinski definition) is 5. The third kappa shape index (κ3) is 3.48. The average Bonchev–Trinajstić information content (AvgIpc) is 3.14. The zero-order valence-corrected chi connectivity index (χ0v) is 16.1. The molecule has 0 saturated heterocycles. The van der Waals surface area contributed by atoms with Crippen LogP contribution in [0.15, 0.2) is 42.5 Å². The molecule has 7 nitrogen and oxygen atoms in total. The fraction of sp³-hybridized carbons (Fsp3) is 0.286. The molecule has 0 saturated carbocycles. The normalized spacial score (nSPS) is 15.8. The second kappa shape index (κ2) is 7.44. The van der Waals surface area contributed by atoms with Crippen LogP contribution in [0.2, 0.25) is 0 Å². The lowest BCUT2D eigenvalue weighted by Crippen LogP contribution is -2.24. The van der Waals surface area contributed by atoms with Gasteiger partial charge in [-0.3, -0.25) is 4.79 Å². The summed E-state index contributed by atoms with van der Waals surface area (Å²) < 4.78 is 12.9. The van der Waals surface area contributed by atoms with Crippen LogP contribution in [0.1, 0.15) is 39.0 Å². The number of methoxy groups -OCH3 is 1. The number of nitrogens with zero attached hydrogens (tertiary/aromatic N) is 3. The Morgan fingerprint density at radius 2 is 1.96 bits per heavy atom. The summed E-state index contributed by atoms with van der Waals surface area (Å²) in [5, 5.41) is 11.1. The highest BCUT2D eigenvalue weighted by Gasteiger charge is 2.27.